The van der Waals surface area contributed by atoms with E-state index in [0.29, 0.717) is 0 Å². The van der Waals surface area contributed by atoms with Gasteiger partial charge in [-0.05, 0) is 19.8 Å². The molecule has 0 aromatic heterocycles. The monoisotopic (exact) mass is 465 g/mol. The highest BCUT2D eigenvalue weighted by Gasteiger charge is 2.13. The van der Waals surface area contributed by atoms with Crippen LogP contribution in [-0.2, 0) is 6.42 Å². The van der Waals surface area contributed by atoms with Crippen LogP contribution in [0.4, 0.5) is 0 Å². The third-order valence-corrected chi connectivity index (χ3v) is 3.61. The quantitative estimate of drug-likeness (QED) is 0.241. The number of halogens is 1. The van der Waals surface area contributed by atoms with Crippen molar-refractivity contribution in [2.24, 2.45) is 4.99 Å². The lowest BCUT2D eigenvalue weighted by molar-refractivity contribution is 0.368. The van der Waals surface area contributed by atoms with Gasteiger partial charge in [0, 0.05) is 37.3 Å². The summed E-state index contributed by atoms with van der Waals surface area (Å²) in [6, 6.07) is 3.75. The summed E-state index contributed by atoms with van der Waals surface area (Å²) in [6.07, 6.45) is 2.99. The molecule has 0 radical (unpaired) electrons. The second kappa shape index (κ2) is 13.9. The molecule has 25 heavy (non-hydrogen) atoms. The molecule has 1 rings (SSSR count). The molecule has 0 unspecified atom stereocenters. The van der Waals surface area contributed by atoms with Crippen LogP contribution in [-0.4, -0.2) is 46.9 Å². The first-order chi connectivity index (χ1) is 11.7. The molecule has 0 aliphatic heterocycles. The van der Waals surface area contributed by atoms with Gasteiger partial charge in [-0.3, -0.25) is 4.99 Å². The summed E-state index contributed by atoms with van der Waals surface area (Å²) in [5.41, 5.74) is 1.01. The number of unbranched alkanes of at least 4 members (excludes halogenated alkanes) is 1. The maximum Gasteiger partial charge on any atom is 0.191 e. The Morgan fingerprint density at radius 1 is 1.00 bits per heavy atom. The summed E-state index contributed by atoms with van der Waals surface area (Å²) >= 11 is 0. The van der Waals surface area contributed by atoms with Gasteiger partial charge in [-0.25, -0.2) is 0 Å². The molecule has 0 heterocycles. The molecule has 0 amide bonds. The molecule has 0 aliphatic rings. The van der Waals surface area contributed by atoms with E-state index in [4.69, 9.17) is 14.2 Å². The zero-order valence-electron chi connectivity index (χ0n) is 16.0. The molecular weight excluding hydrogens is 433 g/mol. The molecule has 6 nitrogen and oxygen atoms in total. The first-order valence-electron chi connectivity index (χ1n) is 8.51. The van der Waals surface area contributed by atoms with Gasteiger partial charge in [0.15, 0.2) is 5.96 Å². The van der Waals surface area contributed by atoms with Crippen LogP contribution < -0.4 is 24.8 Å². The fraction of sp³-hybridized carbons (Fsp3) is 0.611. The summed E-state index contributed by atoms with van der Waals surface area (Å²) in [7, 11) is 4.94. The minimum atomic E-state index is 0. The number of ether oxygens (including phenoxy) is 3. The van der Waals surface area contributed by atoms with E-state index in [0.717, 1.165) is 67.7 Å². The van der Waals surface area contributed by atoms with E-state index in [1.807, 2.05) is 12.1 Å². The highest BCUT2D eigenvalue weighted by Crippen LogP contribution is 2.34. The van der Waals surface area contributed by atoms with E-state index in [9.17, 15) is 0 Å². The van der Waals surface area contributed by atoms with Crippen LogP contribution in [0.5, 0.6) is 17.2 Å². The zero-order valence-corrected chi connectivity index (χ0v) is 18.3. The Kier molecular flexibility index (Phi) is 13.1. The predicted molar refractivity (Wildman–Crippen MR) is 114 cm³/mol. The van der Waals surface area contributed by atoms with Crippen molar-refractivity contribution in [2.45, 2.75) is 33.1 Å². The normalized spacial score (nSPS) is 10.7. The maximum atomic E-state index is 5.48. The molecule has 0 bridgehead atoms. The second-order valence-electron chi connectivity index (χ2n) is 5.30. The van der Waals surface area contributed by atoms with Crippen molar-refractivity contribution in [3.63, 3.8) is 0 Å². The number of methoxy groups -OCH3 is 3. The minimum Gasteiger partial charge on any atom is -0.496 e. The number of hydrogen-bond acceptors (Lipinski definition) is 4. The number of hydrogen-bond donors (Lipinski definition) is 2. The Labute approximate surface area is 168 Å². The van der Waals surface area contributed by atoms with E-state index >= 15 is 0 Å². The fourth-order valence-electron chi connectivity index (χ4n) is 2.32. The Morgan fingerprint density at radius 3 is 2.12 bits per heavy atom. The minimum absolute atomic E-state index is 0. The largest absolute Gasteiger partial charge is 0.496 e. The number of nitrogens with one attached hydrogen (secondary N) is 2. The van der Waals surface area contributed by atoms with Crippen molar-refractivity contribution in [3.05, 3.63) is 17.7 Å². The second-order valence-corrected chi connectivity index (χ2v) is 5.30. The van der Waals surface area contributed by atoms with E-state index in [-0.39, 0.29) is 24.0 Å². The summed E-state index contributed by atoms with van der Waals surface area (Å²) in [5.74, 6) is 3.09. The zero-order chi connectivity index (χ0) is 17.8. The van der Waals surface area contributed by atoms with Gasteiger partial charge < -0.3 is 24.8 Å². The molecule has 144 valence electrons. The Morgan fingerprint density at radius 2 is 1.64 bits per heavy atom. The Balaban J connectivity index is 0.00000576. The number of rotatable bonds is 10. The first kappa shape index (κ1) is 23.6. The van der Waals surface area contributed by atoms with Crippen molar-refractivity contribution in [1.29, 1.82) is 0 Å². The summed E-state index contributed by atoms with van der Waals surface area (Å²) in [5, 5.41) is 6.62. The van der Waals surface area contributed by atoms with Gasteiger partial charge in [0.2, 0.25) is 0 Å². The summed E-state index contributed by atoms with van der Waals surface area (Å²) in [4.78, 5) is 4.56. The van der Waals surface area contributed by atoms with Crippen molar-refractivity contribution < 1.29 is 14.2 Å². The number of nitrogens with zero attached hydrogens (tertiary/aromatic N) is 1. The van der Waals surface area contributed by atoms with E-state index < -0.39 is 0 Å². The van der Waals surface area contributed by atoms with Gasteiger partial charge in [0.05, 0.1) is 21.3 Å². The van der Waals surface area contributed by atoms with Crippen LogP contribution in [0.1, 0.15) is 32.3 Å². The average Bonchev–Trinajstić information content (AvgIpc) is 2.61. The number of guanidine groups is 1. The van der Waals surface area contributed by atoms with Gasteiger partial charge in [-0.1, -0.05) is 13.3 Å². The van der Waals surface area contributed by atoms with Gasteiger partial charge in [-0.2, -0.15) is 0 Å². The molecule has 0 spiro atoms. The standard InChI is InChI=1S/C18H31N3O3.HI/c1-6-8-10-20-18(19-7-2)21-11-9-15-16(23-4)12-14(22-3)13-17(15)24-5;/h12-13H,6-11H2,1-5H3,(H2,19,20,21);1H. The van der Waals surface area contributed by atoms with E-state index in [1.54, 1.807) is 21.3 Å². The highest BCUT2D eigenvalue weighted by molar-refractivity contribution is 14.0. The number of benzene rings is 1. The maximum absolute atomic E-state index is 5.48. The third-order valence-electron chi connectivity index (χ3n) is 3.61. The number of aliphatic imine (C=N–C) groups is 1. The molecule has 0 saturated heterocycles. The average molecular weight is 465 g/mol. The molecule has 0 fully saturated rings. The molecule has 0 aliphatic carbocycles. The third kappa shape index (κ3) is 8.02. The molecule has 0 atom stereocenters. The van der Waals surface area contributed by atoms with Crippen molar-refractivity contribution in [1.82, 2.24) is 10.6 Å². The lowest BCUT2D eigenvalue weighted by Gasteiger charge is -2.16. The molecular formula is C18H32IN3O3. The van der Waals surface area contributed by atoms with Gasteiger partial charge in [0.25, 0.3) is 0 Å². The lowest BCUT2D eigenvalue weighted by atomic mass is 10.1. The highest BCUT2D eigenvalue weighted by atomic mass is 127. The summed E-state index contributed by atoms with van der Waals surface area (Å²) in [6.45, 7) is 6.63. The molecule has 1 aromatic rings. The van der Waals surface area contributed by atoms with Crippen LogP contribution in [0.3, 0.4) is 0 Å². The van der Waals surface area contributed by atoms with E-state index in [2.05, 4.69) is 29.5 Å². The Bertz CT molecular complexity index is 499. The van der Waals surface area contributed by atoms with Gasteiger partial charge >= 0.3 is 0 Å². The van der Waals surface area contributed by atoms with Gasteiger partial charge in [-0.15, -0.1) is 24.0 Å². The smallest absolute Gasteiger partial charge is 0.191 e. The van der Waals surface area contributed by atoms with Crippen LogP contribution in [0, 0.1) is 0 Å². The topological polar surface area (TPSA) is 64.1 Å². The van der Waals surface area contributed by atoms with Crippen molar-refractivity contribution in [2.75, 3.05) is 41.0 Å². The molecule has 7 heteroatoms. The predicted octanol–water partition coefficient (Wildman–Crippen LogP) is 3.23. The van der Waals surface area contributed by atoms with Crippen LogP contribution >= 0.6 is 24.0 Å². The molecule has 0 saturated carbocycles. The van der Waals surface area contributed by atoms with Crippen molar-refractivity contribution >= 4 is 29.9 Å². The molecule has 2 N–H and O–H groups in total. The van der Waals surface area contributed by atoms with Crippen LogP contribution in [0.2, 0.25) is 0 Å². The lowest BCUT2D eigenvalue weighted by Crippen LogP contribution is -2.38. The molecule has 1 aromatic carbocycles. The first-order valence-corrected chi connectivity index (χ1v) is 8.51. The van der Waals surface area contributed by atoms with Crippen molar-refractivity contribution in [3.8, 4) is 17.2 Å². The SMILES string of the molecule is CCCCN=C(NCC)NCCc1c(OC)cc(OC)cc1OC.I. The Hall–Kier alpha value is -1.38. The van der Waals surface area contributed by atoms with Crippen LogP contribution in [0.15, 0.2) is 17.1 Å². The van der Waals surface area contributed by atoms with Gasteiger partial charge in [0.1, 0.15) is 17.2 Å². The van der Waals surface area contributed by atoms with Crippen LogP contribution in [0.25, 0.3) is 0 Å². The fourth-order valence-corrected chi connectivity index (χ4v) is 2.32. The summed E-state index contributed by atoms with van der Waals surface area (Å²) < 4.78 is 16.2. The van der Waals surface area contributed by atoms with E-state index in [1.165, 1.54) is 0 Å².